The Balaban J connectivity index is 2.11. The van der Waals surface area contributed by atoms with Crippen LogP contribution in [-0.2, 0) is 6.54 Å². The number of benzene rings is 2. The van der Waals surface area contributed by atoms with Crippen molar-refractivity contribution >= 4 is 37.5 Å². The van der Waals surface area contributed by atoms with E-state index in [-0.39, 0.29) is 5.75 Å². The van der Waals surface area contributed by atoms with Crippen LogP contribution in [0.4, 0.5) is 10.1 Å². The van der Waals surface area contributed by atoms with E-state index in [1.54, 1.807) is 6.07 Å². The number of nitrogens with one attached hydrogen (secondary N) is 1. The molecule has 0 unspecified atom stereocenters. The zero-order valence-corrected chi connectivity index (χ0v) is 12.4. The molecule has 0 heterocycles. The first-order valence-corrected chi connectivity index (χ1v) is 6.81. The van der Waals surface area contributed by atoms with Crippen LogP contribution in [0.5, 0.6) is 5.75 Å². The fourth-order valence-corrected chi connectivity index (χ4v) is 2.24. The molecule has 0 amide bonds. The Morgan fingerprint density at radius 1 is 1.11 bits per heavy atom. The Morgan fingerprint density at radius 2 is 1.89 bits per heavy atom. The number of phenols is 1. The van der Waals surface area contributed by atoms with Crippen molar-refractivity contribution in [1.82, 2.24) is 0 Å². The summed E-state index contributed by atoms with van der Waals surface area (Å²) in [6.07, 6.45) is 0. The predicted octanol–water partition coefficient (Wildman–Crippen LogP) is 4.67. The lowest BCUT2D eigenvalue weighted by Crippen LogP contribution is -2.00. The zero-order valence-electron chi connectivity index (χ0n) is 9.25. The molecule has 0 saturated carbocycles. The summed E-state index contributed by atoms with van der Waals surface area (Å²) in [5.41, 5.74) is 1.68. The van der Waals surface area contributed by atoms with Crippen LogP contribution in [-0.4, -0.2) is 5.11 Å². The first-order chi connectivity index (χ1) is 8.56. The van der Waals surface area contributed by atoms with Crippen LogP contribution in [0.15, 0.2) is 45.3 Å². The van der Waals surface area contributed by atoms with Crippen LogP contribution in [0.1, 0.15) is 5.56 Å². The van der Waals surface area contributed by atoms with Gasteiger partial charge in [-0.1, -0.05) is 22.0 Å². The topological polar surface area (TPSA) is 32.3 Å². The lowest BCUT2D eigenvalue weighted by atomic mass is 10.2. The van der Waals surface area contributed by atoms with Gasteiger partial charge in [0.25, 0.3) is 0 Å². The maximum Gasteiger partial charge on any atom is 0.165 e. The SMILES string of the molecule is Oc1ccc(CNc2cc(Br)ccc2Br)cc1F. The molecule has 2 rings (SSSR count). The van der Waals surface area contributed by atoms with Crippen LogP contribution in [0.2, 0.25) is 0 Å². The van der Waals surface area contributed by atoms with Crippen LogP contribution in [0, 0.1) is 5.82 Å². The van der Waals surface area contributed by atoms with Gasteiger partial charge in [0.2, 0.25) is 0 Å². The number of hydrogen-bond donors (Lipinski definition) is 2. The second-order valence-corrected chi connectivity index (χ2v) is 5.53. The van der Waals surface area contributed by atoms with Crippen molar-refractivity contribution in [3.05, 3.63) is 56.7 Å². The van der Waals surface area contributed by atoms with E-state index in [2.05, 4.69) is 37.2 Å². The molecule has 18 heavy (non-hydrogen) atoms. The first kappa shape index (κ1) is 13.4. The van der Waals surface area contributed by atoms with E-state index < -0.39 is 5.82 Å². The molecule has 0 bridgehead atoms. The van der Waals surface area contributed by atoms with Gasteiger partial charge in [0.15, 0.2) is 11.6 Å². The number of aromatic hydroxyl groups is 1. The molecule has 5 heteroatoms. The van der Waals surface area contributed by atoms with Crippen molar-refractivity contribution < 1.29 is 9.50 Å². The molecular weight excluding hydrogens is 365 g/mol. The molecule has 0 aliphatic heterocycles. The minimum absolute atomic E-state index is 0.331. The molecule has 2 N–H and O–H groups in total. The third-order valence-electron chi connectivity index (χ3n) is 2.42. The molecule has 2 nitrogen and oxygen atoms in total. The summed E-state index contributed by atoms with van der Waals surface area (Å²) in [6.45, 7) is 0.478. The Labute approximate surface area is 121 Å². The quantitative estimate of drug-likeness (QED) is 0.818. The summed E-state index contributed by atoms with van der Waals surface area (Å²) < 4.78 is 15.1. The molecule has 0 atom stereocenters. The fraction of sp³-hybridized carbons (Fsp3) is 0.0769. The summed E-state index contributed by atoms with van der Waals surface area (Å²) in [4.78, 5) is 0. The van der Waals surface area contributed by atoms with Crippen molar-refractivity contribution in [3.63, 3.8) is 0 Å². The van der Waals surface area contributed by atoms with Crippen LogP contribution in [0.25, 0.3) is 0 Å². The average molecular weight is 375 g/mol. The van der Waals surface area contributed by atoms with E-state index >= 15 is 0 Å². The van der Waals surface area contributed by atoms with Crippen LogP contribution in [0.3, 0.4) is 0 Å². The van der Waals surface area contributed by atoms with Crippen molar-refractivity contribution in [2.45, 2.75) is 6.54 Å². The summed E-state index contributed by atoms with van der Waals surface area (Å²) in [7, 11) is 0. The van der Waals surface area contributed by atoms with Crippen LogP contribution < -0.4 is 5.32 Å². The third kappa shape index (κ3) is 3.23. The van der Waals surface area contributed by atoms with Gasteiger partial charge in [0.1, 0.15) is 0 Å². The van der Waals surface area contributed by atoms with Gasteiger partial charge in [0.05, 0.1) is 0 Å². The molecule has 0 spiro atoms. The largest absolute Gasteiger partial charge is 0.505 e. The molecule has 94 valence electrons. The minimum Gasteiger partial charge on any atom is -0.505 e. The first-order valence-electron chi connectivity index (χ1n) is 5.22. The highest BCUT2D eigenvalue weighted by Crippen LogP contribution is 2.27. The lowest BCUT2D eigenvalue weighted by Gasteiger charge is -2.09. The molecule has 0 saturated heterocycles. The van der Waals surface area contributed by atoms with Gasteiger partial charge in [-0.25, -0.2) is 4.39 Å². The van der Waals surface area contributed by atoms with Gasteiger partial charge in [-0.15, -0.1) is 0 Å². The van der Waals surface area contributed by atoms with Gasteiger partial charge in [0, 0.05) is 21.2 Å². The smallest absolute Gasteiger partial charge is 0.165 e. The van der Waals surface area contributed by atoms with Gasteiger partial charge in [-0.05, 0) is 51.8 Å². The van der Waals surface area contributed by atoms with Gasteiger partial charge in [-0.2, -0.15) is 0 Å². The van der Waals surface area contributed by atoms with Gasteiger partial charge in [-0.3, -0.25) is 0 Å². The van der Waals surface area contributed by atoms with E-state index in [1.165, 1.54) is 12.1 Å². The number of phenolic OH excluding ortho intramolecular Hbond substituents is 1. The average Bonchev–Trinajstić information content (AvgIpc) is 2.34. The van der Waals surface area contributed by atoms with E-state index in [1.807, 2.05) is 18.2 Å². The molecule has 0 aliphatic carbocycles. The highest BCUT2D eigenvalue weighted by molar-refractivity contribution is 9.11. The van der Waals surface area contributed by atoms with E-state index in [0.29, 0.717) is 6.54 Å². The normalized spacial score (nSPS) is 10.4. The van der Waals surface area contributed by atoms with Crippen molar-refractivity contribution in [1.29, 1.82) is 0 Å². The Bertz CT molecular complexity index is 575. The molecule has 0 aliphatic rings. The van der Waals surface area contributed by atoms with Crippen molar-refractivity contribution in [2.24, 2.45) is 0 Å². The number of rotatable bonds is 3. The molecule has 2 aromatic rings. The Hall–Kier alpha value is -1.07. The monoisotopic (exact) mass is 373 g/mol. The van der Waals surface area contributed by atoms with Gasteiger partial charge >= 0.3 is 0 Å². The summed E-state index contributed by atoms with van der Waals surface area (Å²) >= 11 is 6.82. The zero-order chi connectivity index (χ0) is 13.1. The third-order valence-corrected chi connectivity index (χ3v) is 3.61. The highest BCUT2D eigenvalue weighted by atomic mass is 79.9. The maximum absolute atomic E-state index is 13.2. The van der Waals surface area contributed by atoms with Crippen molar-refractivity contribution in [2.75, 3.05) is 5.32 Å². The molecular formula is C13H10Br2FNO. The van der Waals surface area contributed by atoms with Gasteiger partial charge < -0.3 is 10.4 Å². The maximum atomic E-state index is 13.2. The lowest BCUT2D eigenvalue weighted by molar-refractivity contribution is 0.432. The summed E-state index contributed by atoms with van der Waals surface area (Å²) in [6, 6.07) is 10.1. The second-order valence-electron chi connectivity index (χ2n) is 3.76. The van der Waals surface area contributed by atoms with Crippen molar-refractivity contribution in [3.8, 4) is 5.75 Å². The number of anilines is 1. The highest BCUT2D eigenvalue weighted by Gasteiger charge is 2.03. The van der Waals surface area contributed by atoms with E-state index in [4.69, 9.17) is 5.11 Å². The number of hydrogen-bond acceptors (Lipinski definition) is 2. The molecule has 0 radical (unpaired) electrons. The number of halogens is 3. The van der Waals surface area contributed by atoms with E-state index in [0.717, 1.165) is 20.2 Å². The minimum atomic E-state index is -0.609. The van der Waals surface area contributed by atoms with E-state index in [9.17, 15) is 4.39 Å². The molecule has 2 aromatic carbocycles. The summed E-state index contributed by atoms with van der Waals surface area (Å²) in [5.74, 6) is -0.940. The standard InChI is InChI=1S/C13H10Br2FNO/c14-9-2-3-10(15)12(6-9)17-7-8-1-4-13(18)11(16)5-8/h1-6,17-18H,7H2. The Morgan fingerprint density at radius 3 is 2.61 bits per heavy atom. The Kier molecular flexibility index (Phi) is 4.24. The second kappa shape index (κ2) is 5.71. The van der Waals surface area contributed by atoms with Crippen LogP contribution >= 0.6 is 31.9 Å². The molecule has 0 fully saturated rings. The summed E-state index contributed by atoms with van der Waals surface area (Å²) in [5, 5.41) is 12.3. The fourth-order valence-electron chi connectivity index (χ4n) is 1.49. The molecule has 0 aromatic heterocycles. The predicted molar refractivity (Wildman–Crippen MR) is 77.2 cm³/mol.